The molecule has 9 heteroatoms. The van der Waals surface area contributed by atoms with E-state index in [1.165, 1.54) is 11.8 Å². The van der Waals surface area contributed by atoms with E-state index in [1.54, 1.807) is 12.1 Å². The Hall–Kier alpha value is -1.77. The van der Waals surface area contributed by atoms with Crippen LogP contribution in [0.25, 0.3) is 0 Å². The van der Waals surface area contributed by atoms with E-state index in [9.17, 15) is 14.4 Å². The number of nitrogens with zero attached hydrogens (tertiary/aromatic N) is 2. The first-order valence-electron chi connectivity index (χ1n) is 9.50. The van der Waals surface area contributed by atoms with Crippen LogP contribution < -0.4 is 10.6 Å². The summed E-state index contributed by atoms with van der Waals surface area (Å²) in [4.78, 5) is 41.7. The lowest BCUT2D eigenvalue weighted by atomic mass is 10.2. The van der Waals surface area contributed by atoms with Crippen molar-refractivity contribution >= 4 is 46.8 Å². The smallest absolute Gasteiger partial charge is 0.238 e. The average Bonchev–Trinajstić information content (AvgIpc) is 2.88. The zero-order valence-corrected chi connectivity index (χ0v) is 17.4. The Kier molecular flexibility index (Phi) is 7.20. The van der Waals surface area contributed by atoms with Gasteiger partial charge in [-0.2, -0.15) is 0 Å². The maximum atomic E-state index is 12.8. The van der Waals surface area contributed by atoms with Crippen molar-refractivity contribution in [2.45, 2.75) is 29.9 Å². The highest BCUT2D eigenvalue weighted by molar-refractivity contribution is 8.01. The van der Waals surface area contributed by atoms with Gasteiger partial charge in [0.1, 0.15) is 0 Å². The highest BCUT2D eigenvalue weighted by Crippen LogP contribution is 2.38. The number of nitrogens with one attached hydrogen (secondary N) is 2. The molecule has 2 N–H and O–H groups in total. The molecule has 0 aliphatic carbocycles. The molecule has 1 saturated heterocycles. The van der Waals surface area contributed by atoms with Crippen molar-refractivity contribution in [3.05, 3.63) is 23.2 Å². The summed E-state index contributed by atoms with van der Waals surface area (Å²) >= 11 is 7.38. The Labute approximate surface area is 174 Å². The molecule has 1 fully saturated rings. The summed E-state index contributed by atoms with van der Waals surface area (Å²) < 4.78 is 0. The van der Waals surface area contributed by atoms with Crippen LogP contribution in [0.2, 0.25) is 5.02 Å². The molecule has 1 atom stereocenters. The number of carbonyl (C=O) groups is 3. The first kappa shape index (κ1) is 21.0. The predicted molar refractivity (Wildman–Crippen MR) is 111 cm³/mol. The van der Waals surface area contributed by atoms with Gasteiger partial charge in [0, 0.05) is 49.1 Å². The van der Waals surface area contributed by atoms with Gasteiger partial charge in [-0.25, -0.2) is 0 Å². The minimum Gasteiger partial charge on any atom is -0.355 e. The lowest BCUT2D eigenvalue weighted by Crippen LogP contribution is -2.41. The Bertz CT molecular complexity index is 761. The summed E-state index contributed by atoms with van der Waals surface area (Å²) in [5.41, 5.74) is 0.696. The Morgan fingerprint density at radius 3 is 2.89 bits per heavy atom. The topological polar surface area (TPSA) is 81.8 Å². The van der Waals surface area contributed by atoms with Gasteiger partial charge in [-0.3, -0.25) is 19.3 Å². The number of rotatable bonds is 5. The van der Waals surface area contributed by atoms with Crippen molar-refractivity contribution in [3.63, 3.8) is 0 Å². The molecule has 152 valence electrons. The Morgan fingerprint density at radius 2 is 2.11 bits per heavy atom. The summed E-state index contributed by atoms with van der Waals surface area (Å²) in [5, 5.41) is 5.76. The summed E-state index contributed by atoms with van der Waals surface area (Å²) in [6.07, 6.45) is 0.978. The van der Waals surface area contributed by atoms with Crippen LogP contribution in [0.15, 0.2) is 23.1 Å². The molecule has 2 aliphatic rings. The van der Waals surface area contributed by atoms with Crippen molar-refractivity contribution in [2.24, 2.45) is 0 Å². The van der Waals surface area contributed by atoms with Crippen LogP contribution >= 0.6 is 23.4 Å². The Morgan fingerprint density at radius 1 is 1.29 bits per heavy atom. The van der Waals surface area contributed by atoms with Gasteiger partial charge in [-0.15, -0.1) is 11.8 Å². The standard InChI is InChI=1S/C19H25ClN4O3S/c1-2-21-17(25)12-23-6-3-7-24(9-8-23)18(26)11-16-19(27)22-14-10-13(20)4-5-15(14)28-16/h4-5,10,16H,2-3,6-9,11-12H2,1H3,(H,21,25)(H,22,27). The van der Waals surface area contributed by atoms with E-state index in [0.717, 1.165) is 17.9 Å². The molecule has 3 amide bonds. The first-order valence-corrected chi connectivity index (χ1v) is 10.8. The van der Waals surface area contributed by atoms with E-state index >= 15 is 0 Å². The largest absolute Gasteiger partial charge is 0.355 e. The first-order chi connectivity index (χ1) is 13.5. The summed E-state index contributed by atoms with van der Waals surface area (Å²) in [7, 11) is 0. The van der Waals surface area contributed by atoms with Crippen molar-refractivity contribution in [3.8, 4) is 0 Å². The zero-order chi connectivity index (χ0) is 20.1. The summed E-state index contributed by atoms with van der Waals surface area (Å²) in [6.45, 7) is 5.54. The van der Waals surface area contributed by atoms with E-state index in [1.807, 2.05) is 17.9 Å². The Balaban J connectivity index is 1.54. The fourth-order valence-corrected chi connectivity index (χ4v) is 4.63. The van der Waals surface area contributed by atoms with Crippen LogP contribution in [0.5, 0.6) is 0 Å². The van der Waals surface area contributed by atoms with Crippen molar-refractivity contribution in [1.29, 1.82) is 0 Å². The van der Waals surface area contributed by atoms with Crippen molar-refractivity contribution in [2.75, 3.05) is 44.6 Å². The van der Waals surface area contributed by atoms with Gasteiger partial charge in [-0.1, -0.05) is 11.6 Å². The molecule has 1 aromatic carbocycles. The third-order valence-electron chi connectivity index (χ3n) is 4.80. The number of likely N-dealkylation sites (N-methyl/N-ethyl adjacent to an activating group) is 1. The number of fused-ring (bicyclic) bond motifs is 1. The molecule has 0 bridgehead atoms. The lowest BCUT2D eigenvalue weighted by Gasteiger charge is -2.27. The van der Waals surface area contributed by atoms with Crippen LogP contribution in [-0.2, 0) is 14.4 Å². The third kappa shape index (κ3) is 5.40. The fourth-order valence-electron chi connectivity index (χ4n) is 3.38. The molecule has 1 unspecified atom stereocenters. The van der Waals surface area contributed by atoms with Crippen LogP contribution in [0.1, 0.15) is 19.8 Å². The van der Waals surface area contributed by atoms with E-state index < -0.39 is 5.25 Å². The van der Waals surface area contributed by atoms with E-state index in [2.05, 4.69) is 15.5 Å². The summed E-state index contributed by atoms with van der Waals surface area (Å²) in [6, 6.07) is 5.37. The number of anilines is 1. The molecule has 7 nitrogen and oxygen atoms in total. The van der Waals surface area contributed by atoms with E-state index in [4.69, 9.17) is 11.6 Å². The minimum absolute atomic E-state index is 0.0105. The highest BCUT2D eigenvalue weighted by atomic mass is 35.5. The molecule has 0 saturated carbocycles. The van der Waals surface area contributed by atoms with Gasteiger partial charge in [0.25, 0.3) is 0 Å². The van der Waals surface area contributed by atoms with Crippen molar-refractivity contribution in [1.82, 2.24) is 15.1 Å². The molecular formula is C19H25ClN4O3S. The molecule has 0 aromatic heterocycles. The van der Waals surface area contributed by atoms with E-state index in [0.29, 0.717) is 43.4 Å². The second kappa shape index (κ2) is 9.62. The monoisotopic (exact) mass is 424 g/mol. The number of benzene rings is 1. The normalized spacial score (nSPS) is 20.1. The average molecular weight is 425 g/mol. The molecule has 28 heavy (non-hydrogen) atoms. The van der Waals surface area contributed by atoms with Crippen molar-refractivity contribution < 1.29 is 14.4 Å². The fraction of sp³-hybridized carbons (Fsp3) is 0.526. The number of thioether (sulfide) groups is 1. The molecule has 3 rings (SSSR count). The van der Waals surface area contributed by atoms with Gasteiger partial charge >= 0.3 is 0 Å². The van der Waals surface area contributed by atoms with Gasteiger partial charge in [-0.05, 0) is 31.5 Å². The number of amides is 3. The molecule has 2 heterocycles. The third-order valence-corrected chi connectivity index (χ3v) is 6.31. The van der Waals surface area contributed by atoms with Crippen LogP contribution in [0.3, 0.4) is 0 Å². The molecule has 1 aromatic rings. The summed E-state index contributed by atoms with van der Waals surface area (Å²) in [5.74, 6) is -0.179. The SMILES string of the molecule is CCNC(=O)CN1CCCN(C(=O)CC2Sc3ccc(Cl)cc3NC2=O)CC1. The lowest BCUT2D eigenvalue weighted by molar-refractivity contribution is -0.132. The number of halogens is 1. The van der Waals surface area contributed by atoms with Gasteiger partial charge < -0.3 is 15.5 Å². The van der Waals surface area contributed by atoms with Crippen LogP contribution in [0.4, 0.5) is 5.69 Å². The maximum Gasteiger partial charge on any atom is 0.238 e. The number of hydrogen-bond acceptors (Lipinski definition) is 5. The number of hydrogen-bond donors (Lipinski definition) is 2. The minimum atomic E-state index is -0.448. The van der Waals surface area contributed by atoms with Gasteiger partial charge in [0.05, 0.1) is 17.5 Å². The molecule has 0 radical (unpaired) electrons. The van der Waals surface area contributed by atoms with Crippen LogP contribution in [-0.4, -0.2) is 72.0 Å². The van der Waals surface area contributed by atoms with E-state index in [-0.39, 0.29) is 24.1 Å². The quantitative estimate of drug-likeness (QED) is 0.753. The highest BCUT2D eigenvalue weighted by Gasteiger charge is 2.31. The second-order valence-electron chi connectivity index (χ2n) is 6.90. The maximum absolute atomic E-state index is 12.8. The van der Waals surface area contributed by atoms with Gasteiger partial charge in [0.15, 0.2) is 0 Å². The molecular weight excluding hydrogens is 400 g/mol. The number of carbonyl (C=O) groups excluding carboxylic acids is 3. The zero-order valence-electron chi connectivity index (χ0n) is 15.9. The van der Waals surface area contributed by atoms with Gasteiger partial charge in [0.2, 0.25) is 17.7 Å². The molecule has 2 aliphatic heterocycles. The predicted octanol–water partition coefficient (Wildman–Crippen LogP) is 1.81. The molecule has 0 spiro atoms. The second-order valence-corrected chi connectivity index (χ2v) is 8.59. The van der Waals surface area contributed by atoms with Crippen LogP contribution in [0, 0.1) is 0 Å².